The molecule has 2 aliphatic rings. The zero-order valence-electron chi connectivity index (χ0n) is 16.2. The predicted octanol–water partition coefficient (Wildman–Crippen LogP) is -3.06. The highest BCUT2D eigenvalue weighted by Gasteiger charge is 2.44. The molecule has 2 fully saturated rings. The molecule has 0 radical (unpaired) electrons. The van der Waals surface area contributed by atoms with E-state index in [1.54, 1.807) is 12.1 Å². The molecule has 10 atom stereocenters. The Balaban J connectivity index is 1.49. The summed E-state index contributed by atoms with van der Waals surface area (Å²) in [5.74, 6) is 0.686. The second-order valence-electron chi connectivity index (χ2n) is 7.37. The largest absolute Gasteiger partial charge is 0.461 e. The first-order valence-corrected chi connectivity index (χ1v) is 9.54. The van der Waals surface area contributed by atoms with Crippen molar-refractivity contribution in [1.82, 2.24) is 0 Å². The molecule has 1 aromatic heterocycles. The van der Waals surface area contributed by atoms with Crippen LogP contribution in [0.3, 0.4) is 0 Å². The molecule has 1 aromatic rings. The molecule has 12 heteroatoms. The maximum Gasteiger partial charge on any atom is 0.187 e. The zero-order valence-corrected chi connectivity index (χ0v) is 16.2. The van der Waals surface area contributed by atoms with Crippen molar-refractivity contribution in [1.29, 1.82) is 0 Å². The van der Waals surface area contributed by atoms with Crippen molar-refractivity contribution >= 4 is 0 Å². The van der Waals surface area contributed by atoms with Crippen molar-refractivity contribution in [2.45, 2.75) is 81.5 Å². The molecule has 3 rings (SSSR count). The van der Waals surface area contributed by atoms with Gasteiger partial charge in [-0.05, 0) is 19.1 Å². The van der Waals surface area contributed by atoms with E-state index in [0.717, 1.165) is 0 Å². The topological polar surface area (TPSA) is 192 Å². The van der Waals surface area contributed by atoms with E-state index in [2.05, 4.69) is 0 Å². The zero-order chi connectivity index (χ0) is 22.0. The Morgan fingerprint density at radius 1 is 0.733 bits per heavy atom. The van der Waals surface area contributed by atoms with Gasteiger partial charge in [-0.25, -0.2) is 0 Å². The van der Waals surface area contributed by atoms with Crippen LogP contribution in [0, 0.1) is 0 Å². The van der Waals surface area contributed by atoms with Crippen LogP contribution in [-0.2, 0) is 32.2 Å². The Labute approximate surface area is 171 Å². The van der Waals surface area contributed by atoms with E-state index in [4.69, 9.17) is 23.4 Å². The van der Waals surface area contributed by atoms with Crippen molar-refractivity contribution in [3.05, 3.63) is 23.7 Å². The van der Waals surface area contributed by atoms with Gasteiger partial charge in [-0.15, -0.1) is 0 Å². The molecule has 12 nitrogen and oxygen atoms in total. The maximum atomic E-state index is 9.95. The molecule has 0 aromatic carbocycles. The van der Waals surface area contributed by atoms with Crippen LogP contribution in [0.4, 0.5) is 0 Å². The lowest BCUT2D eigenvalue weighted by molar-refractivity contribution is -0.305. The number of hydrogen-bond acceptors (Lipinski definition) is 12. The van der Waals surface area contributed by atoms with E-state index >= 15 is 0 Å². The molecule has 3 heterocycles. The molecular formula is C18H28O12. The van der Waals surface area contributed by atoms with Gasteiger partial charge in [0.15, 0.2) is 12.6 Å². The molecule has 2 aliphatic heterocycles. The summed E-state index contributed by atoms with van der Waals surface area (Å²) in [6.45, 7) is 0.731. The summed E-state index contributed by atoms with van der Waals surface area (Å²) in [5.41, 5.74) is 0. The lowest BCUT2D eigenvalue weighted by Crippen LogP contribution is -2.59. The molecule has 0 amide bonds. The van der Waals surface area contributed by atoms with E-state index < -0.39 is 68.0 Å². The first-order chi connectivity index (χ1) is 14.2. The van der Waals surface area contributed by atoms with Gasteiger partial charge in [0.05, 0.1) is 12.7 Å². The Kier molecular flexibility index (Phi) is 7.81. The summed E-state index contributed by atoms with van der Waals surface area (Å²) in [6, 6.07) is 3.15. The van der Waals surface area contributed by atoms with Crippen LogP contribution in [0.2, 0.25) is 0 Å². The number of hydrogen-bond donors (Lipinski definition) is 7. The number of rotatable bonds is 7. The smallest absolute Gasteiger partial charge is 0.187 e. The van der Waals surface area contributed by atoms with Crippen LogP contribution in [-0.4, -0.2) is 104 Å². The highest BCUT2D eigenvalue weighted by molar-refractivity contribution is 5.06. The number of aliphatic hydroxyl groups is 7. The SMILES string of the molecule is C[C@@H]1OC(OCc2ccc(COC3O[C@H](CO)[C@H](O)[C@H](O)[C@H]3O)o2)[C@@H](O)[C@H](O)[C@@H]1O. The van der Waals surface area contributed by atoms with Gasteiger partial charge in [0.1, 0.15) is 67.5 Å². The van der Waals surface area contributed by atoms with E-state index in [0.29, 0.717) is 11.5 Å². The van der Waals surface area contributed by atoms with Gasteiger partial charge in [0.2, 0.25) is 0 Å². The second-order valence-corrected chi connectivity index (χ2v) is 7.37. The molecule has 2 unspecified atom stereocenters. The molecule has 2 saturated heterocycles. The van der Waals surface area contributed by atoms with Crippen LogP contribution in [0.1, 0.15) is 18.4 Å². The van der Waals surface area contributed by atoms with Gasteiger partial charge in [-0.2, -0.15) is 0 Å². The Hall–Kier alpha value is -1.16. The summed E-state index contributed by atoms with van der Waals surface area (Å²) < 4.78 is 26.9. The van der Waals surface area contributed by atoms with Crippen LogP contribution >= 0.6 is 0 Å². The molecule has 172 valence electrons. The van der Waals surface area contributed by atoms with Crippen LogP contribution < -0.4 is 0 Å². The molecule has 30 heavy (non-hydrogen) atoms. The van der Waals surface area contributed by atoms with E-state index in [1.807, 2.05) is 0 Å². The van der Waals surface area contributed by atoms with Crippen LogP contribution in [0.25, 0.3) is 0 Å². The second kappa shape index (κ2) is 9.97. The normalized spacial score (nSPS) is 42.4. The summed E-state index contributed by atoms with van der Waals surface area (Å²) in [4.78, 5) is 0. The quantitative estimate of drug-likeness (QED) is 0.229. The lowest BCUT2D eigenvalue weighted by Gasteiger charge is -2.39. The number of furan rings is 1. The summed E-state index contributed by atoms with van der Waals surface area (Å²) in [5, 5.41) is 68.1. The van der Waals surface area contributed by atoms with Gasteiger partial charge in [-0.3, -0.25) is 0 Å². The minimum Gasteiger partial charge on any atom is -0.461 e. The third-order valence-electron chi connectivity index (χ3n) is 5.15. The van der Waals surface area contributed by atoms with Gasteiger partial charge in [0, 0.05) is 0 Å². The third kappa shape index (κ3) is 5.00. The highest BCUT2D eigenvalue weighted by Crippen LogP contribution is 2.25. The van der Waals surface area contributed by atoms with Crippen LogP contribution in [0.15, 0.2) is 16.5 Å². The average molecular weight is 436 g/mol. The number of aliphatic hydroxyl groups excluding tert-OH is 7. The summed E-state index contributed by atoms with van der Waals surface area (Å²) in [7, 11) is 0. The average Bonchev–Trinajstić information content (AvgIpc) is 3.19. The minimum atomic E-state index is -1.54. The monoisotopic (exact) mass is 436 g/mol. The molecule has 0 saturated carbocycles. The van der Waals surface area contributed by atoms with Crippen molar-refractivity contribution < 1.29 is 59.1 Å². The molecule has 0 bridgehead atoms. The number of ether oxygens (including phenoxy) is 4. The Bertz CT molecular complexity index is 665. The highest BCUT2D eigenvalue weighted by atomic mass is 16.7. The fourth-order valence-corrected chi connectivity index (χ4v) is 3.26. The van der Waals surface area contributed by atoms with Gasteiger partial charge >= 0.3 is 0 Å². The standard InChI is InChI=1S/C18H28O12/c1-7-11(20)13(22)15(24)17(28-7)26-5-8-2-3-9(29-8)6-27-18-16(25)14(23)12(21)10(4-19)30-18/h2-3,7,10-25H,4-6H2,1H3/t7-,10+,11+,12-,13+,14-,15-,16+,17?,18?/m0/s1. The maximum absolute atomic E-state index is 9.95. The van der Waals surface area contributed by atoms with Gasteiger partial charge in [0.25, 0.3) is 0 Å². The van der Waals surface area contributed by atoms with Crippen molar-refractivity contribution in [3.63, 3.8) is 0 Å². The minimum absolute atomic E-state index is 0.0999. The van der Waals surface area contributed by atoms with E-state index in [1.165, 1.54) is 6.92 Å². The lowest BCUT2D eigenvalue weighted by atomic mass is 9.99. The molecule has 0 spiro atoms. The molecular weight excluding hydrogens is 408 g/mol. The van der Waals surface area contributed by atoms with Gasteiger partial charge in [-0.1, -0.05) is 0 Å². The summed E-state index contributed by atoms with van der Waals surface area (Å²) in [6.07, 6.45) is -12.8. The van der Waals surface area contributed by atoms with Gasteiger partial charge < -0.3 is 59.1 Å². The van der Waals surface area contributed by atoms with Crippen molar-refractivity contribution in [2.75, 3.05) is 6.61 Å². The van der Waals surface area contributed by atoms with Crippen molar-refractivity contribution in [2.24, 2.45) is 0 Å². The first-order valence-electron chi connectivity index (χ1n) is 9.54. The van der Waals surface area contributed by atoms with Crippen LogP contribution in [0.5, 0.6) is 0 Å². The summed E-state index contributed by atoms with van der Waals surface area (Å²) >= 11 is 0. The Morgan fingerprint density at radius 3 is 1.77 bits per heavy atom. The molecule has 0 aliphatic carbocycles. The van der Waals surface area contributed by atoms with Crippen molar-refractivity contribution in [3.8, 4) is 0 Å². The molecule has 7 N–H and O–H groups in total. The van der Waals surface area contributed by atoms with E-state index in [9.17, 15) is 35.7 Å². The fraction of sp³-hybridized carbons (Fsp3) is 0.778. The predicted molar refractivity (Wildman–Crippen MR) is 94.4 cm³/mol. The third-order valence-corrected chi connectivity index (χ3v) is 5.15. The fourth-order valence-electron chi connectivity index (χ4n) is 3.26. The first kappa shape index (κ1) is 23.5. The van der Waals surface area contributed by atoms with E-state index in [-0.39, 0.29) is 13.2 Å². The Morgan fingerprint density at radius 2 is 1.23 bits per heavy atom.